The molecule has 1 heterocycles. The molecule has 0 amide bonds. The molecule has 0 saturated carbocycles. The Bertz CT molecular complexity index is 182. The highest BCUT2D eigenvalue weighted by Crippen LogP contribution is 2.17. The standard InChI is InChI=1S/C13H28N2O2/c1-3-17-13(10-14)6-9-15-7-4-12(5-8-15)11-16-2/h12-13H,3-11,14H2,1-2H3. The van der Waals surface area contributed by atoms with Crippen LogP contribution in [0.4, 0.5) is 0 Å². The van der Waals surface area contributed by atoms with Crippen molar-refractivity contribution in [1.29, 1.82) is 0 Å². The summed E-state index contributed by atoms with van der Waals surface area (Å²) < 4.78 is 10.8. The van der Waals surface area contributed by atoms with Crippen molar-refractivity contribution < 1.29 is 9.47 Å². The van der Waals surface area contributed by atoms with Crippen molar-refractivity contribution in [3.63, 3.8) is 0 Å². The molecule has 17 heavy (non-hydrogen) atoms. The van der Waals surface area contributed by atoms with Crippen molar-refractivity contribution in [2.24, 2.45) is 11.7 Å². The Morgan fingerprint density at radius 1 is 1.35 bits per heavy atom. The minimum atomic E-state index is 0.233. The van der Waals surface area contributed by atoms with E-state index in [0.29, 0.717) is 6.54 Å². The molecule has 0 bridgehead atoms. The van der Waals surface area contributed by atoms with Gasteiger partial charge in [-0.25, -0.2) is 0 Å². The van der Waals surface area contributed by atoms with Crippen LogP contribution in [0.3, 0.4) is 0 Å². The van der Waals surface area contributed by atoms with E-state index in [1.807, 2.05) is 6.92 Å². The van der Waals surface area contributed by atoms with Crippen LogP contribution in [-0.2, 0) is 9.47 Å². The number of ether oxygens (including phenoxy) is 2. The average molecular weight is 244 g/mol. The summed E-state index contributed by atoms with van der Waals surface area (Å²) in [6.45, 7) is 7.83. The SMILES string of the molecule is CCOC(CN)CCN1CCC(COC)CC1. The molecule has 0 aromatic rings. The van der Waals surface area contributed by atoms with Crippen LogP contribution in [0.15, 0.2) is 0 Å². The Hall–Kier alpha value is -0.160. The number of nitrogens with two attached hydrogens (primary N) is 1. The summed E-state index contributed by atoms with van der Waals surface area (Å²) in [4.78, 5) is 2.52. The van der Waals surface area contributed by atoms with Crippen LogP contribution in [0.1, 0.15) is 26.2 Å². The van der Waals surface area contributed by atoms with Crippen LogP contribution in [-0.4, -0.2) is 57.5 Å². The van der Waals surface area contributed by atoms with Gasteiger partial charge in [-0.15, -0.1) is 0 Å². The van der Waals surface area contributed by atoms with E-state index in [0.717, 1.165) is 32.1 Å². The third-order valence-corrected chi connectivity index (χ3v) is 3.54. The molecule has 0 aromatic carbocycles. The zero-order chi connectivity index (χ0) is 12.5. The predicted octanol–water partition coefficient (Wildman–Crippen LogP) is 1.10. The van der Waals surface area contributed by atoms with Gasteiger partial charge in [-0.1, -0.05) is 0 Å². The zero-order valence-corrected chi connectivity index (χ0v) is 11.4. The van der Waals surface area contributed by atoms with Gasteiger partial charge in [0.25, 0.3) is 0 Å². The first kappa shape index (κ1) is 14.9. The largest absolute Gasteiger partial charge is 0.384 e. The summed E-state index contributed by atoms with van der Waals surface area (Å²) in [7, 11) is 1.79. The maximum absolute atomic E-state index is 5.68. The van der Waals surface area contributed by atoms with Gasteiger partial charge in [0.1, 0.15) is 0 Å². The fourth-order valence-electron chi connectivity index (χ4n) is 2.44. The van der Waals surface area contributed by atoms with E-state index in [9.17, 15) is 0 Å². The van der Waals surface area contributed by atoms with E-state index < -0.39 is 0 Å². The average Bonchev–Trinajstić information content (AvgIpc) is 2.36. The molecule has 1 aliphatic rings. The van der Waals surface area contributed by atoms with Crippen molar-refractivity contribution in [3.8, 4) is 0 Å². The minimum absolute atomic E-state index is 0.233. The predicted molar refractivity (Wildman–Crippen MR) is 70.1 cm³/mol. The van der Waals surface area contributed by atoms with Crippen LogP contribution >= 0.6 is 0 Å². The van der Waals surface area contributed by atoms with Gasteiger partial charge in [0.15, 0.2) is 0 Å². The van der Waals surface area contributed by atoms with Crippen LogP contribution in [0, 0.1) is 5.92 Å². The van der Waals surface area contributed by atoms with E-state index >= 15 is 0 Å². The molecule has 1 fully saturated rings. The number of hydrogen-bond donors (Lipinski definition) is 1. The summed E-state index contributed by atoms with van der Waals surface area (Å²) in [5, 5.41) is 0. The molecule has 1 saturated heterocycles. The lowest BCUT2D eigenvalue weighted by Gasteiger charge is -2.32. The summed E-state index contributed by atoms with van der Waals surface area (Å²) >= 11 is 0. The number of rotatable bonds is 8. The van der Waals surface area contributed by atoms with Crippen LogP contribution < -0.4 is 5.73 Å². The van der Waals surface area contributed by atoms with E-state index in [1.54, 1.807) is 7.11 Å². The second-order valence-corrected chi connectivity index (χ2v) is 4.84. The molecule has 0 aliphatic carbocycles. The summed E-state index contributed by atoms with van der Waals surface area (Å²) in [5.41, 5.74) is 5.68. The lowest BCUT2D eigenvalue weighted by Crippen LogP contribution is -2.38. The quantitative estimate of drug-likeness (QED) is 0.694. The van der Waals surface area contributed by atoms with E-state index in [2.05, 4.69) is 4.90 Å². The summed E-state index contributed by atoms with van der Waals surface area (Å²) in [5.74, 6) is 0.758. The molecule has 1 rings (SSSR count). The van der Waals surface area contributed by atoms with Crippen molar-refractivity contribution in [2.45, 2.75) is 32.3 Å². The van der Waals surface area contributed by atoms with Gasteiger partial charge in [-0.2, -0.15) is 0 Å². The highest BCUT2D eigenvalue weighted by Gasteiger charge is 2.19. The first-order valence-electron chi connectivity index (χ1n) is 6.83. The molecule has 0 aromatic heterocycles. The molecule has 102 valence electrons. The normalized spacial score (nSPS) is 20.6. The van der Waals surface area contributed by atoms with Gasteiger partial charge in [-0.05, 0) is 45.2 Å². The van der Waals surface area contributed by atoms with Gasteiger partial charge < -0.3 is 20.1 Å². The number of hydrogen-bond acceptors (Lipinski definition) is 4. The van der Waals surface area contributed by atoms with E-state index in [4.69, 9.17) is 15.2 Å². The smallest absolute Gasteiger partial charge is 0.0709 e. The molecule has 1 atom stereocenters. The molecular weight excluding hydrogens is 216 g/mol. The van der Waals surface area contributed by atoms with Crippen LogP contribution in [0.5, 0.6) is 0 Å². The van der Waals surface area contributed by atoms with Gasteiger partial charge in [0.05, 0.1) is 6.10 Å². The minimum Gasteiger partial charge on any atom is -0.384 e. The van der Waals surface area contributed by atoms with Gasteiger partial charge in [0.2, 0.25) is 0 Å². The van der Waals surface area contributed by atoms with Crippen molar-refractivity contribution in [3.05, 3.63) is 0 Å². The molecular formula is C13H28N2O2. The molecule has 4 heteroatoms. The highest BCUT2D eigenvalue weighted by atomic mass is 16.5. The second kappa shape index (κ2) is 8.86. The Kier molecular flexibility index (Phi) is 7.77. The summed E-state index contributed by atoms with van der Waals surface area (Å²) in [6, 6.07) is 0. The molecule has 0 radical (unpaired) electrons. The third kappa shape index (κ3) is 5.82. The fourth-order valence-corrected chi connectivity index (χ4v) is 2.44. The Morgan fingerprint density at radius 2 is 2.06 bits per heavy atom. The van der Waals surface area contributed by atoms with E-state index in [1.165, 1.54) is 25.9 Å². The van der Waals surface area contributed by atoms with Gasteiger partial charge in [0, 0.05) is 33.4 Å². The number of nitrogens with zero attached hydrogens (tertiary/aromatic N) is 1. The second-order valence-electron chi connectivity index (χ2n) is 4.84. The van der Waals surface area contributed by atoms with Crippen LogP contribution in [0.2, 0.25) is 0 Å². The first-order valence-corrected chi connectivity index (χ1v) is 6.83. The fraction of sp³-hybridized carbons (Fsp3) is 1.00. The van der Waals surface area contributed by atoms with Gasteiger partial charge in [-0.3, -0.25) is 0 Å². The Balaban J connectivity index is 2.12. The lowest BCUT2D eigenvalue weighted by molar-refractivity contribution is 0.0464. The summed E-state index contributed by atoms with van der Waals surface area (Å²) in [6.07, 6.45) is 3.81. The topological polar surface area (TPSA) is 47.7 Å². The molecule has 0 spiro atoms. The number of methoxy groups -OCH3 is 1. The Labute approximate surface area is 105 Å². The third-order valence-electron chi connectivity index (χ3n) is 3.54. The first-order chi connectivity index (χ1) is 8.30. The Morgan fingerprint density at radius 3 is 2.59 bits per heavy atom. The zero-order valence-electron chi connectivity index (χ0n) is 11.4. The van der Waals surface area contributed by atoms with Crippen molar-refractivity contribution in [1.82, 2.24) is 4.90 Å². The maximum Gasteiger partial charge on any atom is 0.0709 e. The van der Waals surface area contributed by atoms with Gasteiger partial charge >= 0.3 is 0 Å². The monoisotopic (exact) mass is 244 g/mol. The number of piperidine rings is 1. The van der Waals surface area contributed by atoms with E-state index in [-0.39, 0.29) is 6.10 Å². The lowest BCUT2D eigenvalue weighted by atomic mass is 9.97. The maximum atomic E-state index is 5.68. The molecule has 1 aliphatic heterocycles. The van der Waals surface area contributed by atoms with Crippen molar-refractivity contribution >= 4 is 0 Å². The molecule has 2 N–H and O–H groups in total. The molecule has 1 unspecified atom stereocenters. The molecule has 4 nitrogen and oxygen atoms in total. The highest BCUT2D eigenvalue weighted by molar-refractivity contribution is 4.73. The van der Waals surface area contributed by atoms with Crippen molar-refractivity contribution in [2.75, 3.05) is 46.5 Å². The number of likely N-dealkylation sites (tertiary alicyclic amines) is 1. The van der Waals surface area contributed by atoms with Crippen LogP contribution in [0.25, 0.3) is 0 Å².